The number of hydrogen-bond donors (Lipinski definition) is 2. The first kappa shape index (κ1) is 31.7. The maximum atomic E-state index is 13.8. The van der Waals surface area contributed by atoms with Crippen LogP contribution in [0.15, 0.2) is 120 Å². The number of rotatable bonds is 11. The second-order valence-corrected chi connectivity index (χ2v) is 12.7. The van der Waals surface area contributed by atoms with Crippen LogP contribution >= 0.6 is 23.1 Å². The van der Waals surface area contributed by atoms with Crippen molar-refractivity contribution in [3.05, 3.63) is 137 Å². The lowest BCUT2D eigenvalue weighted by atomic mass is 10.0. The van der Waals surface area contributed by atoms with Gasteiger partial charge in [0.05, 0.1) is 5.56 Å². The molecule has 13 heteroatoms. The summed E-state index contributed by atoms with van der Waals surface area (Å²) < 4.78 is 7.94. The van der Waals surface area contributed by atoms with Crippen molar-refractivity contribution in [2.24, 2.45) is 12.2 Å². The molecular weight excluding hydrogens is 637 g/mol. The lowest BCUT2D eigenvalue weighted by molar-refractivity contribution is -0.672. The van der Waals surface area contributed by atoms with E-state index in [4.69, 9.17) is 15.3 Å². The van der Waals surface area contributed by atoms with Crippen LogP contribution in [0.4, 0.5) is 5.13 Å². The Morgan fingerprint density at radius 3 is 2.38 bits per heavy atom. The summed E-state index contributed by atoms with van der Waals surface area (Å²) in [6.07, 6.45) is 4.86. The lowest BCUT2D eigenvalue weighted by Crippen LogP contribution is -2.70. The van der Waals surface area contributed by atoms with Crippen LogP contribution in [0.2, 0.25) is 0 Å². The fourth-order valence-electron chi connectivity index (χ4n) is 5.34. The minimum atomic E-state index is -0.880. The Bertz CT molecular complexity index is 1820. The first-order valence-corrected chi connectivity index (χ1v) is 16.5. The molecule has 2 unspecified atom stereocenters. The third-order valence-electron chi connectivity index (χ3n) is 7.57. The summed E-state index contributed by atoms with van der Waals surface area (Å²) in [5.74, 6) is -1.33. The van der Waals surface area contributed by atoms with Gasteiger partial charge in [-0.05, 0) is 22.8 Å². The van der Waals surface area contributed by atoms with Crippen molar-refractivity contribution in [1.82, 2.24) is 15.2 Å². The average Bonchev–Trinajstić information content (AvgIpc) is 3.53. The molecule has 238 valence electrons. The van der Waals surface area contributed by atoms with E-state index in [-0.39, 0.29) is 5.70 Å². The van der Waals surface area contributed by atoms with E-state index < -0.39 is 41.4 Å². The number of nitrogens with zero attached hydrogens (tertiary/aromatic N) is 4. The van der Waals surface area contributed by atoms with Gasteiger partial charge in [-0.1, -0.05) is 78.5 Å². The van der Waals surface area contributed by atoms with Crippen molar-refractivity contribution in [3.8, 4) is 0 Å². The average molecular weight is 668 g/mol. The number of carbonyl (C=O) groups excluding carboxylic acids is 3. The number of nitrogen functional groups attached to an aromatic ring is 1. The van der Waals surface area contributed by atoms with E-state index in [1.165, 1.54) is 28.0 Å². The Kier molecular flexibility index (Phi) is 9.45. The molecular formula is C34H31N6O5S2+. The molecule has 2 aromatic carbocycles. The molecule has 2 aromatic heterocycles. The number of pyridine rings is 1. The Labute approximate surface area is 279 Å². The van der Waals surface area contributed by atoms with E-state index in [1.807, 2.05) is 96.8 Å². The van der Waals surface area contributed by atoms with E-state index in [0.29, 0.717) is 22.2 Å². The Hall–Kier alpha value is -5.27. The zero-order valence-electron chi connectivity index (χ0n) is 25.3. The largest absolute Gasteiger partial charge is 0.448 e. The van der Waals surface area contributed by atoms with Crippen molar-refractivity contribution in [3.63, 3.8) is 0 Å². The molecule has 1 saturated heterocycles. The van der Waals surface area contributed by atoms with Crippen molar-refractivity contribution in [2.75, 3.05) is 11.5 Å². The Morgan fingerprint density at radius 2 is 1.77 bits per heavy atom. The third-order valence-corrected chi connectivity index (χ3v) is 9.57. The van der Waals surface area contributed by atoms with E-state index in [9.17, 15) is 14.4 Å². The summed E-state index contributed by atoms with van der Waals surface area (Å²) >= 11 is 2.68. The molecule has 3 N–H and O–H groups in total. The number of nitrogens with two attached hydrogens (primary N) is 1. The van der Waals surface area contributed by atoms with Gasteiger partial charge in [0, 0.05) is 17.2 Å². The van der Waals surface area contributed by atoms with Gasteiger partial charge < -0.3 is 20.6 Å². The highest BCUT2D eigenvalue weighted by Crippen LogP contribution is 2.42. The molecule has 2 aliphatic rings. The highest BCUT2D eigenvalue weighted by Gasteiger charge is 2.54. The van der Waals surface area contributed by atoms with Gasteiger partial charge in [0.2, 0.25) is 6.10 Å². The van der Waals surface area contributed by atoms with Crippen LogP contribution in [0.1, 0.15) is 34.6 Å². The van der Waals surface area contributed by atoms with Gasteiger partial charge in [0.15, 0.2) is 23.6 Å². The van der Waals surface area contributed by atoms with Gasteiger partial charge in [-0.2, -0.15) is 0 Å². The SMILES string of the molecule is C=CC1=C(C(=O)OC(c2ccccc2)c2ccccc2)N2C(=O)C(NC(=O)C=NOC(c3ccc[n+](C)c3)c3csc(N)n3)[C@@H]2SC1. The quantitative estimate of drug-likeness (QED) is 0.0810. The number of aromatic nitrogens is 2. The summed E-state index contributed by atoms with van der Waals surface area (Å²) in [5, 5.41) is 8.23. The Balaban J connectivity index is 1.15. The van der Waals surface area contributed by atoms with E-state index >= 15 is 0 Å². The van der Waals surface area contributed by atoms with Gasteiger partial charge in [-0.15, -0.1) is 23.1 Å². The minimum Gasteiger partial charge on any atom is -0.448 e. The first-order chi connectivity index (χ1) is 22.8. The number of esters is 1. The predicted octanol–water partition coefficient (Wildman–Crippen LogP) is 3.81. The number of fused-ring (bicyclic) bond motifs is 1. The van der Waals surface area contributed by atoms with Crippen LogP contribution < -0.4 is 15.6 Å². The van der Waals surface area contributed by atoms with Crippen LogP contribution in [0.25, 0.3) is 0 Å². The number of anilines is 1. The maximum Gasteiger partial charge on any atom is 0.356 e. The Morgan fingerprint density at radius 1 is 1.09 bits per heavy atom. The number of thioether (sulfide) groups is 1. The molecule has 2 aliphatic heterocycles. The number of hydrogen-bond acceptors (Lipinski definition) is 10. The summed E-state index contributed by atoms with van der Waals surface area (Å²) in [4.78, 5) is 51.5. The first-order valence-electron chi connectivity index (χ1n) is 14.6. The van der Waals surface area contributed by atoms with Crippen molar-refractivity contribution in [2.45, 2.75) is 23.6 Å². The summed E-state index contributed by atoms with van der Waals surface area (Å²) in [5.41, 5.74) is 9.41. The molecule has 11 nitrogen and oxygen atoms in total. The minimum absolute atomic E-state index is 0.120. The van der Waals surface area contributed by atoms with Gasteiger partial charge in [0.25, 0.3) is 11.8 Å². The van der Waals surface area contributed by atoms with Gasteiger partial charge >= 0.3 is 5.97 Å². The molecule has 4 aromatic rings. The molecule has 0 bridgehead atoms. The van der Waals surface area contributed by atoms with Crippen molar-refractivity contribution in [1.29, 1.82) is 0 Å². The number of aryl methyl sites for hydroxylation is 1. The fourth-order valence-corrected chi connectivity index (χ4v) is 7.25. The predicted molar refractivity (Wildman–Crippen MR) is 179 cm³/mol. The zero-order valence-corrected chi connectivity index (χ0v) is 26.9. The van der Waals surface area contributed by atoms with E-state index in [2.05, 4.69) is 22.0 Å². The van der Waals surface area contributed by atoms with Gasteiger partial charge in [-0.3, -0.25) is 14.5 Å². The smallest absolute Gasteiger partial charge is 0.356 e. The summed E-state index contributed by atoms with van der Waals surface area (Å²) in [6, 6.07) is 21.6. The second-order valence-electron chi connectivity index (χ2n) is 10.7. The number of thiazole rings is 1. The molecule has 1 fully saturated rings. The number of carbonyl (C=O) groups is 3. The molecule has 4 heterocycles. The highest BCUT2D eigenvalue weighted by molar-refractivity contribution is 8.00. The molecule has 2 amide bonds. The number of nitrogens with one attached hydrogen (secondary N) is 1. The normalized spacial score (nSPS) is 18.0. The molecule has 0 saturated carbocycles. The molecule has 3 atom stereocenters. The number of benzene rings is 2. The summed E-state index contributed by atoms with van der Waals surface area (Å²) in [7, 11) is 1.87. The second kappa shape index (κ2) is 14.0. The van der Waals surface area contributed by atoms with Crippen LogP contribution in [-0.4, -0.2) is 51.1 Å². The zero-order chi connectivity index (χ0) is 32.9. The standard InChI is InChI=1S/C34H30N6O5S2/c1-3-21-19-46-32-27(38-26(41)17-36-45-30(25-20-47-34(35)37-25)24-15-10-16-39(2)18-24)31(42)40(32)28(21)33(43)44-29(22-11-6-4-7-12-22)23-13-8-5-9-14-23/h3-18,20,27,29-30,32H,1,19H2,2H3,(H2-,35,37,38,41)/p+1/t27?,30?,32-/m0/s1. The lowest BCUT2D eigenvalue weighted by Gasteiger charge is -2.49. The fraction of sp³-hybridized carbons (Fsp3) is 0.176. The van der Waals surface area contributed by atoms with Crippen LogP contribution in [0, 0.1) is 0 Å². The summed E-state index contributed by atoms with van der Waals surface area (Å²) in [6.45, 7) is 3.86. The number of β-lactam (4-membered cyclic amide) rings is 1. The number of oxime groups is 1. The van der Waals surface area contributed by atoms with E-state index in [0.717, 1.165) is 22.9 Å². The van der Waals surface area contributed by atoms with Crippen LogP contribution in [0.3, 0.4) is 0 Å². The van der Waals surface area contributed by atoms with Gasteiger partial charge in [-0.25, -0.2) is 14.3 Å². The molecule has 0 aliphatic carbocycles. The van der Waals surface area contributed by atoms with Crippen molar-refractivity contribution < 1.29 is 28.5 Å². The monoisotopic (exact) mass is 667 g/mol. The maximum absolute atomic E-state index is 13.8. The molecule has 0 radical (unpaired) electrons. The number of ether oxygens (including phenoxy) is 1. The van der Waals surface area contributed by atoms with Gasteiger partial charge in [0.1, 0.15) is 36.1 Å². The van der Waals surface area contributed by atoms with Crippen LogP contribution in [0.5, 0.6) is 0 Å². The topological polar surface area (TPSA) is 140 Å². The van der Waals surface area contributed by atoms with E-state index in [1.54, 1.807) is 11.5 Å². The third kappa shape index (κ3) is 6.81. The highest BCUT2D eigenvalue weighted by atomic mass is 32.2. The number of amides is 2. The molecule has 47 heavy (non-hydrogen) atoms. The van der Waals surface area contributed by atoms with Crippen LogP contribution in [-0.2, 0) is 31.0 Å². The number of allylic oxidation sites excluding steroid dienone is 1. The molecule has 6 rings (SSSR count). The molecule has 0 spiro atoms. The van der Waals surface area contributed by atoms with Crippen molar-refractivity contribution >= 4 is 52.2 Å².